The first-order chi connectivity index (χ1) is 21.3. The summed E-state index contributed by atoms with van der Waals surface area (Å²) in [7, 11) is 0. The molecule has 3 heterocycles. The van der Waals surface area contributed by atoms with Crippen LogP contribution in [-0.4, -0.2) is 9.97 Å². The molecule has 0 aliphatic rings. The van der Waals surface area contributed by atoms with Gasteiger partial charge < -0.3 is 14.4 Å². The van der Waals surface area contributed by atoms with Crippen LogP contribution in [0.15, 0.2) is 120 Å². The van der Waals surface area contributed by atoms with Gasteiger partial charge in [0.2, 0.25) is 0 Å². The average molecular weight is 769 g/mol. The molecule has 0 atom stereocenters. The van der Waals surface area contributed by atoms with Crippen LogP contribution in [0.2, 0.25) is 0 Å². The van der Waals surface area contributed by atoms with Crippen molar-refractivity contribution in [3.05, 3.63) is 145 Å². The van der Waals surface area contributed by atoms with E-state index in [9.17, 15) is 4.39 Å². The van der Waals surface area contributed by atoms with E-state index in [0.717, 1.165) is 45.3 Å². The summed E-state index contributed by atoms with van der Waals surface area (Å²) in [4.78, 5) is 8.96. The smallest absolute Gasteiger partial charge is 0.134 e. The second-order valence-corrected chi connectivity index (χ2v) is 12.1. The van der Waals surface area contributed by atoms with Gasteiger partial charge >= 0.3 is 0 Å². The molecule has 4 aromatic carbocycles. The van der Waals surface area contributed by atoms with Crippen molar-refractivity contribution in [1.82, 2.24) is 9.97 Å². The van der Waals surface area contributed by atoms with Crippen molar-refractivity contribution in [2.45, 2.75) is 34.1 Å². The molecule has 0 spiro atoms. The fourth-order valence-electron chi connectivity index (χ4n) is 5.40. The first-order valence-corrected chi connectivity index (χ1v) is 14.7. The fraction of sp³-hybridized carbons (Fsp3) is 0.150. The van der Waals surface area contributed by atoms with Crippen LogP contribution in [0.4, 0.5) is 4.39 Å². The van der Waals surface area contributed by atoms with Crippen molar-refractivity contribution in [1.29, 1.82) is 0 Å². The quantitative estimate of drug-likeness (QED) is 0.167. The number of hydrogen-bond acceptors (Lipinski definition) is 3. The Balaban J connectivity index is 0.000000186. The van der Waals surface area contributed by atoms with Gasteiger partial charge in [0.1, 0.15) is 11.4 Å². The van der Waals surface area contributed by atoms with E-state index in [-0.39, 0.29) is 25.9 Å². The maximum atomic E-state index is 14.7. The van der Waals surface area contributed by atoms with Crippen molar-refractivity contribution in [2.75, 3.05) is 0 Å². The summed E-state index contributed by atoms with van der Waals surface area (Å²) in [5, 5.41) is 1.81. The Bertz CT molecular complexity index is 2030. The number of pyridine rings is 2. The Labute approximate surface area is 277 Å². The number of hydrogen-bond donors (Lipinski definition) is 0. The molecule has 0 saturated heterocycles. The topological polar surface area (TPSA) is 38.9 Å². The summed E-state index contributed by atoms with van der Waals surface area (Å²) in [5.41, 5.74) is 9.05. The fourth-order valence-corrected chi connectivity index (χ4v) is 5.40. The maximum Gasteiger partial charge on any atom is 0.134 e. The van der Waals surface area contributed by atoms with Gasteiger partial charge in [-0.15, -0.1) is 54.1 Å². The SMILES string of the molecule is Cc1cc(-c2[c-]cccc2)ncc1CC(C)(C)C.Fc1ccc2c(oc3c(-c4ccccn4)[c-]ccc32)c1-c1ccccc1.[Ir]. The van der Waals surface area contributed by atoms with E-state index in [2.05, 4.69) is 55.9 Å². The molecule has 7 rings (SSSR count). The third-order valence-electron chi connectivity index (χ3n) is 7.46. The monoisotopic (exact) mass is 769 g/mol. The molecule has 3 aromatic heterocycles. The Morgan fingerprint density at radius 1 is 0.756 bits per heavy atom. The van der Waals surface area contributed by atoms with Crippen LogP contribution >= 0.6 is 0 Å². The van der Waals surface area contributed by atoms with Gasteiger partial charge in [0.25, 0.3) is 0 Å². The van der Waals surface area contributed by atoms with Crippen LogP contribution in [0, 0.1) is 30.3 Å². The first kappa shape index (κ1) is 32.0. The van der Waals surface area contributed by atoms with Gasteiger partial charge in [0, 0.05) is 37.9 Å². The molecule has 227 valence electrons. The Morgan fingerprint density at radius 2 is 1.51 bits per heavy atom. The molecule has 3 nitrogen and oxygen atoms in total. The number of furan rings is 1. The second kappa shape index (κ2) is 13.7. The van der Waals surface area contributed by atoms with Crippen molar-refractivity contribution in [3.8, 4) is 33.6 Å². The third kappa shape index (κ3) is 7.12. The number of aryl methyl sites for hydroxylation is 1. The van der Waals surface area contributed by atoms with Gasteiger partial charge in [0.15, 0.2) is 0 Å². The summed E-state index contributed by atoms with van der Waals surface area (Å²) >= 11 is 0. The summed E-state index contributed by atoms with van der Waals surface area (Å²) < 4.78 is 20.9. The van der Waals surface area contributed by atoms with Crippen LogP contribution in [0.1, 0.15) is 31.9 Å². The number of aromatic nitrogens is 2. The van der Waals surface area contributed by atoms with E-state index in [0.29, 0.717) is 22.1 Å². The third-order valence-corrected chi connectivity index (χ3v) is 7.46. The van der Waals surface area contributed by atoms with E-state index in [4.69, 9.17) is 4.42 Å². The molecule has 5 heteroatoms. The molecule has 0 fully saturated rings. The molecular weight excluding hydrogens is 736 g/mol. The average Bonchev–Trinajstić information content (AvgIpc) is 3.42. The van der Waals surface area contributed by atoms with Crippen LogP contribution in [0.5, 0.6) is 0 Å². The number of halogens is 1. The van der Waals surface area contributed by atoms with Crippen molar-refractivity contribution in [2.24, 2.45) is 5.41 Å². The van der Waals surface area contributed by atoms with Crippen molar-refractivity contribution < 1.29 is 28.9 Å². The summed E-state index contributed by atoms with van der Waals surface area (Å²) in [6, 6.07) is 38.8. The second-order valence-electron chi connectivity index (χ2n) is 12.1. The predicted octanol–water partition coefficient (Wildman–Crippen LogP) is 10.7. The van der Waals surface area contributed by atoms with Crippen LogP contribution in [0.25, 0.3) is 55.6 Å². The minimum atomic E-state index is -0.300. The summed E-state index contributed by atoms with van der Waals surface area (Å²) in [5.74, 6) is -0.300. The number of benzene rings is 4. The molecule has 0 aliphatic heterocycles. The van der Waals surface area contributed by atoms with Gasteiger partial charge in [0.05, 0.1) is 11.1 Å². The molecule has 7 aromatic rings. The standard InChI is InChI=1S/C23H13FNO.C17H20N.Ir/c24-19-13-12-17-16-9-6-10-18(20-11-4-5-14-25-20)22(16)26-23(17)21(19)15-7-2-1-3-8-15;1-13-10-16(14-8-6-5-7-9-14)18-12-15(13)11-17(2,3)4;/h1-9,11-14H;5-8,10,12H,11H2,1-4H3;/q2*-1;. The molecule has 0 saturated carbocycles. The van der Waals surface area contributed by atoms with Crippen molar-refractivity contribution in [3.63, 3.8) is 0 Å². The maximum absolute atomic E-state index is 14.7. The van der Waals surface area contributed by atoms with Crippen molar-refractivity contribution >= 4 is 21.9 Å². The molecule has 0 N–H and O–H groups in total. The van der Waals surface area contributed by atoms with E-state index < -0.39 is 0 Å². The molecular formula is C40H33FIrN2O-2. The normalized spacial score (nSPS) is 11.1. The van der Waals surface area contributed by atoms with E-state index in [1.807, 2.05) is 91.1 Å². The zero-order chi connectivity index (χ0) is 30.7. The number of rotatable bonds is 4. The minimum absolute atomic E-state index is 0. The molecule has 0 bridgehead atoms. The van der Waals surface area contributed by atoms with Gasteiger partial charge in [-0.05, 0) is 59.5 Å². The largest absolute Gasteiger partial charge is 0.500 e. The summed E-state index contributed by atoms with van der Waals surface area (Å²) in [6.45, 7) is 8.93. The van der Waals surface area contributed by atoms with E-state index in [1.165, 1.54) is 17.2 Å². The van der Waals surface area contributed by atoms with Crippen LogP contribution < -0.4 is 0 Å². The first-order valence-electron chi connectivity index (χ1n) is 14.7. The van der Waals surface area contributed by atoms with Gasteiger partial charge in [-0.1, -0.05) is 85.8 Å². The van der Waals surface area contributed by atoms with E-state index >= 15 is 0 Å². The van der Waals surface area contributed by atoms with Crippen LogP contribution in [-0.2, 0) is 26.5 Å². The number of nitrogens with zero attached hydrogens (tertiary/aromatic N) is 2. The van der Waals surface area contributed by atoms with Crippen LogP contribution in [0.3, 0.4) is 0 Å². The molecule has 0 amide bonds. The Kier molecular flexibility index (Phi) is 9.72. The van der Waals surface area contributed by atoms with E-state index in [1.54, 1.807) is 12.3 Å². The van der Waals surface area contributed by atoms with Gasteiger partial charge in [-0.25, -0.2) is 4.39 Å². The molecule has 0 aliphatic carbocycles. The minimum Gasteiger partial charge on any atom is -0.500 e. The zero-order valence-corrected chi connectivity index (χ0v) is 28.1. The molecule has 45 heavy (non-hydrogen) atoms. The van der Waals surface area contributed by atoms with Gasteiger partial charge in [-0.3, -0.25) is 0 Å². The Hall–Kier alpha value is -4.44. The molecule has 1 radical (unpaired) electrons. The number of fused-ring (bicyclic) bond motifs is 3. The van der Waals surface area contributed by atoms with Gasteiger partial charge in [-0.2, -0.15) is 0 Å². The summed E-state index contributed by atoms with van der Waals surface area (Å²) in [6.07, 6.45) is 4.81. The Morgan fingerprint density at radius 3 is 2.20 bits per heavy atom. The molecule has 0 unspecified atom stereocenters. The zero-order valence-electron chi connectivity index (χ0n) is 25.7. The predicted molar refractivity (Wildman–Crippen MR) is 178 cm³/mol.